The summed E-state index contributed by atoms with van der Waals surface area (Å²) in [5, 5.41) is 4.31. The molecule has 1 aliphatic carbocycles. The number of halogens is 1. The Hall–Kier alpha value is -1.95. The lowest BCUT2D eigenvalue weighted by atomic mass is 9.76. The van der Waals surface area contributed by atoms with Crippen molar-refractivity contribution in [2.75, 3.05) is 5.73 Å². The zero-order chi connectivity index (χ0) is 16.1. The van der Waals surface area contributed by atoms with Gasteiger partial charge in [-0.25, -0.2) is 0 Å². The van der Waals surface area contributed by atoms with Crippen molar-refractivity contribution < 1.29 is 9.59 Å². The number of ketones is 1. The van der Waals surface area contributed by atoms with Gasteiger partial charge in [-0.2, -0.15) is 9.78 Å². The summed E-state index contributed by atoms with van der Waals surface area (Å²) < 4.78 is 1.94. The molecule has 3 rings (SSSR count). The Labute approximate surface area is 136 Å². The topological polar surface area (TPSA) is 78.0 Å². The number of rotatable bonds is 1. The smallest absolute Gasteiger partial charge is 0.280 e. The fourth-order valence-corrected chi connectivity index (χ4v) is 3.24. The molecule has 0 saturated heterocycles. The van der Waals surface area contributed by atoms with Crippen LogP contribution in [-0.2, 0) is 6.42 Å². The van der Waals surface area contributed by atoms with Gasteiger partial charge in [0.05, 0.1) is 11.3 Å². The van der Waals surface area contributed by atoms with Gasteiger partial charge >= 0.3 is 0 Å². The number of fused-ring (bicyclic) bond motifs is 1. The van der Waals surface area contributed by atoms with Gasteiger partial charge in [0.2, 0.25) is 0 Å². The van der Waals surface area contributed by atoms with Crippen molar-refractivity contribution in [2.24, 2.45) is 5.41 Å². The highest BCUT2D eigenvalue weighted by Gasteiger charge is 2.36. The molecule has 114 valence electrons. The number of nitrogen functional groups attached to an aromatic ring is 1. The molecule has 6 heteroatoms. The number of benzene rings is 1. The van der Waals surface area contributed by atoms with Crippen LogP contribution in [0, 0.1) is 5.41 Å². The van der Waals surface area contributed by atoms with Gasteiger partial charge in [-0.3, -0.25) is 9.59 Å². The molecule has 0 fully saturated rings. The molecule has 1 aromatic carbocycles. The fourth-order valence-electron chi connectivity index (χ4n) is 2.84. The van der Waals surface area contributed by atoms with E-state index in [1.807, 2.05) is 19.9 Å². The molecule has 0 amide bonds. The second-order valence-corrected chi connectivity index (χ2v) is 7.29. The van der Waals surface area contributed by atoms with E-state index in [1.54, 1.807) is 18.2 Å². The highest BCUT2D eigenvalue weighted by atomic mass is 79.9. The molecular weight excluding hydrogens is 346 g/mol. The van der Waals surface area contributed by atoms with Crippen LogP contribution in [0.2, 0.25) is 0 Å². The van der Waals surface area contributed by atoms with Gasteiger partial charge in [0, 0.05) is 16.5 Å². The molecule has 0 unspecified atom stereocenters. The van der Waals surface area contributed by atoms with Gasteiger partial charge in [-0.1, -0.05) is 35.8 Å². The van der Waals surface area contributed by atoms with Gasteiger partial charge in [-0.15, -0.1) is 0 Å². The van der Waals surface area contributed by atoms with Crippen LogP contribution in [0.1, 0.15) is 46.7 Å². The summed E-state index contributed by atoms with van der Waals surface area (Å²) in [6, 6.07) is 7.00. The molecule has 1 aromatic heterocycles. The van der Waals surface area contributed by atoms with Gasteiger partial charge in [0.1, 0.15) is 5.82 Å². The summed E-state index contributed by atoms with van der Waals surface area (Å²) in [7, 11) is 0. The zero-order valence-electron chi connectivity index (χ0n) is 12.4. The first-order chi connectivity index (χ1) is 10.3. The van der Waals surface area contributed by atoms with Gasteiger partial charge in [0.25, 0.3) is 5.91 Å². The van der Waals surface area contributed by atoms with Crippen molar-refractivity contribution in [3.8, 4) is 0 Å². The predicted octanol–water partition coefficient (Wildman–Crippen LogP) is 3.07. The fraction of sp³-hybridized carbons (Fsp3) is 0.312. The van der Waals surface area contributed by atoms with E-state index in [1.165, 1.54) is 0 Å². The van der Waals surface area contributed by atoms with E-state index in [-0.39, 0.29) is 22.9 Å². The number of aromatic nitrogens is 2. The second-order valence-electron chi connectivity index (χ2n) is 6.38. The van der Waals surface area contributed by atoms with Gasteiger partial charge in [-0.05, 0) is 30.0 Å². The maximum absolute atomic E-state index is 12.6. The average Bonchev–Trinajstić information content (AvgIpc) is 2.73. The third-order valence-electron chi connectivity index (χ3n) is 3.82. The molecule has 0 aliphatic heterocycles. The Morgan fingerprint density at radius 3 is 2.77 bits per heavy atom. The van der Waals surface area contributed by atoms with Crippen LogP contribution in [-0.4, -0.2) is 21.5 Å². The normalized spacial score (nSPS) is 16.4. The molecule has 0 atom stereocenters. The number of hydrogen-bond acceptors (Lipinski definition) is 4. The summed E-state index contributed by atoms with van der Waals surface area (Å²) in [6.45, 7) is 4.03. The molecule has 0 saturated carbocycles. The first-order valence-corrected chi connectivity index (χ1v) is 7.79. The molecular formula is C16H16BrN3O2. The van der Waals surface area contributed by atoms with Crippen molar-refractivity contribution >= 4 is 33.4 Å². The van der Waals surface area contributed by atoms with Crippen LogP contribution in [0.3, 0.4) is 0 Å². The van der Waals surface area contributed by atoms with Crippen molar-refractivity contribution in [3.05, 3.63) is 45.6 Å². The third kappa shape index (κ3) is 2.47. The average molecular weight is 362 g/mol. The van der Waals surface area contributed by atoms with Crippen molar-refractivity contribution in [3.63, 3.8) is 0 Å². The number of Topliss-reactive ketones (excluding diaryl/α,β-unsaturated/α-hetero) is 1. The highest BCUT2D eigenvalue weighted by Crippen LogP contribution is 2.36. The molecule has 1 heterocycles. The Morgan fingerprint density at radius 1 is 1.36 bits per heavy atom. The number of anilines is 1. The van der Waals surface area contributed by atoms with E-state index in [9.17, 15) is 9.59 Å². The molecule has 0 radical (unpaired) electrons. The molecule has 5 nitrogen and oxygen atoms in total. The lowest BCUT2D eigenvalue weighted by Gasteiger charge is -2.27. The Morgan fingerprint density at radius 2 is 2.09 bits per heavy atom. The second kappa shape index (κ2) is 5.05. The van der Waals surface area contributed by atoms with E-state index in [4.69, 9.17) is 5.73 Å². The number of hydrogen-bond donors (Lipinski definition) is 1. The van der Waals surface area contributed by atoms with E-state index in [0.29, 0.717) is 29.7 Å². The van der Waals surface area contributed by atoms with E-state index in [2.05, 4.69) is 21.0 Å². The van der Waals surface area contributed by atoms with Crippen LogP contribution < -0.4 is 5.73 Å². The summed E-state index contributed by atoms with van der Waals surface area (Å²) >= 11 is 3.34. The molecule has 22 heavy (non-hydrogen) atoms. The summed E-state index contributed by atoms with van der Waals surface area (Å²) in [4.78, 5) is 24.9. The summed E-state index contributed by atoms with van der Waals surface area (Å²) in [6.07, 6.45) is 1.05. The van der Waals surface area contributed by atoms with Crippen LogP contribution in [0.5, 0.6) is 0 Å². The lowest BCUT2D eigenvalue weighted by Crippen LogP contribution is -2.26. The highest BCUT2D eigenvalue weighted by molar-refractivity contribution is 9.10. The minimum atomic E-state index is -0.334. The molecule has 0 spiro atoms. The summed E-state index contributed by atoms with van der Waals surface area (Å²) in [5.74, 6) is -0.240. The number of nitrogens with zero attached hydrogens (tertiary/aromatic N) is 2. The van der Waals surface area contributed by atoms with Crippen LogP contribution in [0.4, 0.5) is 5.82 Å². The first kappa shape index (κ1) is 15.0. The number of carbonyl (C=O) groups excluding carboxylic acids is 2. The van der Waals surface area contributed by atoms with E-state index in [0.717, 1.165) is 9.15 Å². The van der Waals surface area contributed by atoms with Crippen molar-refractivity contribution in [2.45, 2.75) is 26.7 Å². The monoisotopic (exact) mass is 361 g/mol. The zero-order valence-corrected chi connectivity index (χ0v) is 14.0. The lowest BCUT2D eigenvalue weighted by molar-refractivity contribution is 0.0910. The van der Waals surface area contributed by atoms with Crippen LogP contribution >= 0.6 is 15.9 Å². The van der Waals surface area contributed by atoms with Gasteiger partial charge in [0.15, 0.2) is 5.78 Å². The SMILES string of the molecule is CC1(C)CC(=O)c2c(nn(C(=O)c3cccc(Br)c3)c2N)C1. The maximum Gasteiger partial charge on any atom is 0.280 e. The largest absolute Gasteiger partial charge is 0.383 e. The first-order valence-electron chi connectivity index (χ1n) is 6.99. The molecule has 2 aromatic rings. The quantitative estimate of drug-likeness (QED) is 0.846. The predicted molar refractivity (Wildman–Crippen MR) is 86.9 cm³/mol. The minimum Gasteiger partial charge on any atom is -0.383 e. The third-order valence-corrected chi connectivity index (χ3v) is 4.31. The Balaban J connectivity index is 2.07. The van der Waals surface area contributed by atoms with E-state index < -0.39 is 0 Å². The Kier molecular flexibility index (Phi) is 3.44. The van der Waals surface area contributed by atoms with Crippen LogP contribution in [0.15, 0.2) is 28.7 Å². The van der Waals surface area contributed by atoms with Gasteiger partial charge < -0.3 is 5.73 Å². The molecule has 2 N–H and O–H groups in total. The Bertz CT molecular complexity index is 793. The van der Waals surface area contributed by atoms with E-state index >= 15 is 0 Å². The minimum absolute atomic E-state index is 0.0444. The number of carbonyl (C=O) groups is 2. The van der Waals surface area contributed by atoms with Crippen LogP contribution in [0.25, 0.3) is 0 Å². The summed E-state index contributed by atoms with van der Waals surface area (Å²) in [5.41, 5.74) is 7.35. The van der Waals surface area contributed by atoms with Crippen molar-refractivity contribution in [1.29, 1.82) is 0 Å². The number of nitrogens with two attached hydrogens (primary N) is 1. The molecule has 0 bridgehead atoms. The molecule has 1 aliphatic rings. The van der Waals surface area contributed by atoms with Crippen molar-refractivity contribution in [1.82, 2.24) is 9.78 Å². The standard InChI is InChI=1S/C16H16BrN3O2/c1-16(2)7-11-13(12(21)8-16)14(18)20(19-11)15(22)9-4-3-5-10(17)6-9/h3-6H,7-8,18H2,1-2H3. The maximum atomic E-state index is 12.6.